The van der Waals surface area contributed by atoms with Crippen LogP contribution in [0.3, 0.4) is 0 Å². The Balaban J connectivity index is 2.39. The maximum absolute atomic E-state index is 5.25. The van der Waals surface area contributed by atoms with Crippen molar-refractivity contribution < 1.29 is 0 Å². The first-order valence-electron chi connectivity index (χ1n) is 5.44. The number of thiocarbonyl (C=S) groups is 1. The van der Waals surface area contributed by atoms with Crippen molar-refractivity contribution in [2.75, 3.05) is 30.1 Å². The Morgan fingerprint density at radius 2 is 2.06 bits per heavy atom. The van der Waals surface area contributed by atoms with Crippen molar-refractivity contribution in [3.63, 3.8) is 0 Å². The van der Waals surface area contributed by atoms with Crippen molar-refractivity contribution in [2.45, 2.75) is 11.3 Å². The van der Waals surface area contributed by atoms with E-state index in [0.717, 1.165) is 24.4 Å². The molecule has 2 N–H and O–H groups in total. The van der Waals surface area contributed by atoms with Crippen LogP contribution < -0.4 is 10.6 Å². The number of benzene rings is 1. The van der Waals surface area contributed by atoms with Crippen LogP contribution in [0.2, 0.25) is 0 Å². The van der Waals surface area contributed by atoms with Gasteiger partial charge in [-0.1, -0.05) is 12.1 Å². The van der Waals surface area contributed by atoms with Gasteiger partial charge in [-0.25, -0.2) is 0 Å². The largest absolute Gasteiger partial charge is 0.362 e. The molecular weight excluding hydrogens is 268 g/mol. The number of anilines is 1. The first kappa shape index (κ1) is 14.7. The monoisotopic (exact) mass is 286 g/mol. The van der Waals surface area contributed by atoms with E-state index in [9.17, 15) is 0 Å². The molecule has 0 saturated heterocycles. The molecule has 0 fully saturated rings. The predicted octanol–water partition coefficient (Wildman–Crippen LogP) is 3.45. The molecule has 0 atom stereocenters. The summed E-state index contributed by atoms with van der Waals surface area (Å²) in [4.78, 5) is 1.21. The zero-order valence-electron chi connectivity index (χ0n) is 10.2. The van der Waals surface area contributed by atoms with Gasteiger partial charge in [0.15, 0.2) is 5.11 Å². The van der Waals surface area contributed by atoms with Crippen molar-refractivity contribution in [3.8, 4) is 0 Å². The van der Waals surface area contributed by atoms with Crippen LogP contribution in [-0.4, -0.2) is 29.9 Å². The lowest BCUT2D eigenvalue weighted by Crippen LogP contribution is -2.29. The second kappa shape index (κ2) is 8.66. The normalized spacial score (nSPS) is 10.0. The molecule has 0 radical (unpaired) electrons. The second-order valence-corrected chi connectivity index (χ2v) is 5.67. The molecule has 0 aliphatic heterocycles. The molecule has 0 aliphatic carbocycles. The third kappa shape index (κ3) is 5.66. The van der Waals surface area contributed by atoms with Crippen LogP contribution in [0, 0.1) is 0 Å². The number of hydrogen-bond donors (Lipinski definition) is 2. The van der Waals surface area contributed by atoms with E-state index in [1.165, 1.54) is 4.90 Å². The van der Waals surface area contributed by atoms with E-state index in [0.29, 0.717) is 5.11 Å². The van der Waals surface area contributed by atoms with E-state index in [2.05, 4.69) is 29.2 Å². The molecule has 0 spiro atoms. The van der Waals surface area contributed by atoms with Crippen LogP contribution in [-0.2, 0) is 0 Å². The Hall–Kier alpha value is -0.390. The molecule has 0 aliphatic rings. The Morgan fingerprint density at radius 1 is 1.29 bits per heavy atom. The lowest BCUT2D eigenvalue weighted by molar-refractivity contribution is 0.855. The van der Waals surface area contributed by atoms with Crippen molar-refractivity contribution in [1.82, 2.24) is 5.32 Å². The summed E-state index contributed by atoms with van der Waals surface area (Å²) in [6.07, 6.45) is 5.31. The number of nitrogens with one attached hydrogen (secondary N) is 2. The molecule has 5 heteroatoms. The van der Waals surface area contributed by atoms with Crippen molar-refractivity contribution in [3.05, 3.63) is 24.3 Å². The van der Waals surface area contributed by atoms with E-state index >= 15 is 0 Å². The number of hydrogen-bond acceptors (Lipinski definition) is 3. The van der Waals surface area contributed by atoms with Crippen LogP contribution >= 0.6 is 35.7 Å². The Morgan fingerprint density at radius 3 is 2.76 bits per heavy atom. The van der Waals surface area contributed by atoms with E-state index in [1.54, 1.807) is 11.8 Å². The highest BCUT2D eigenvalue weighted by Crippen LogP contribution is 2.24. The third-order valence-corrected chi connectivity index (χ3v) is 3.91. The second-order valence-electron chi connectivity index (χ2n) is 3.43. The third-order valence-electron chi connectivity index (χ3n) is 2.17. The Kier molecular flexibility index (Phi) is 7.48. The molecule has 17 heavy (non-hydrogen) atoms. The standard InChI is InChI=1S/C12H18N2S3/c1-16-9-5-8-13-12(15)14-10-6-3-4-7-11(10)17-2/h3-4,6-7H,5,8-9H2,1-2H3,(H2,13,14,15). The molecule has 0 amide bonds. The SMILES string of the molecule is CSCCCNC(=S)Nc1ccccc1SC. The molecular formula is C12H18N2S3. The molecule has 0 bridgehead atoms. The maximum Gasteiger partial charge on any atom is 0.170 e. The molecule has 1 rings (SSSR count). The van der Waals surface area contributed by atoms with Gasteiger partial charge >= 0.3 is 0 Å². The highest BCUT2D eigenvalue weighted by atomic mass is 32.2. The molecule has 1 aromatic rings. The van der Waals surface area contributed by atoms with Gasteiger partial charge in [0, 0.05) is 11.4 Å². The topological polar surface area (TPSA) is 24.1 Å². The first-order valence-corrected chi connectivity index (χ1v) is 8.47. The van der Waals surface area contributed by atoms with Crippen LogP contribution in [0.4, 0.5) is 5.69 Å². The van der Waals surface area contributed by atoms with Crippen LogP contribution in [0.1, 0.15) is 6.42 Å². The highest BCUT2D eigenvalue weighted by molar-refractivity contribution is 7.98. The summed E-state index contributed by atoms with van der Waals surface area (Å²) in [6, 6.07) is 8.18. The average molecular weight is 286 g/mol. The first-order chi connectivity index (χ1) is 8.27. The van der Waals surface area contributed by atoms with Gasteiger partial charge in [-0.2, -0.15) is 11.8 Å². The molecule has 0 unspecified atom stereocenters. The zero-order chi connectivity index (χ0) is 12.5. The molecule has 0 heterocycles. The fraction of sp³-hybridized carbons (Fsp3) is 0.417. The lowest BCUT2D eigenvalue weighted by Gasteiger charge is -2.12. The minimum Gasteiger partial charge on any atom is -0.362 e. The van der Waals surface area contributed by atoms with Gasteiger partial charge in [0.2, 0.25) is 0 Å². The van der Waals surface area contributed by atoms with E-state index in [1.807, 2.05) is 30.0 Å². The lowest BCUT2D eigenvalue weighted by atomic mass is 10.3. The van der Waals surface area contributed by atoms with Gasteiger partial charge in [-0.15, -0.1) is 11.8 Å². The number of rotatable bonds is 6. The van der Waals surface area contributed by atoms with E-state index in [-0.39, 0.29) is 0 Å². The van der Waals surface area contributed by atoms with Crippen molar-refractivity contribution in [2.24, 2.45) is 0 Å². The van der Waals surface area contributed by atoms with Gasteiger partial charge in [0.1, 0.15) is 0 Å². The van der Waals surface area contributed by atoms with Crippen LogP contribution in [0.5, 0.6) is 0 Å². The quantitative estimate of drug-likeness (QED) is 0.474. The summed E-state index contributed by atoms with van der Waals surface area (Å²) in [5.74, 6) is 1.16. The summed E-state index contributed by atoms with van der Waals surface area (Å²) in [6.45, 7) is 0.925. The number of para-hydroxylation sites is 1. The maximum atomic E-state index is 5.25. The van der Waals surface area contributed by atoms with Gasteiger partial charge < -0.3 is 10.6 Å². The highest BCUT2D eigenvalue weighted by Gasteiger charge is 2.01. The molecule has 2 nitrogen and oxygen atoms in total. The summed E-state index contributed by atoms with van der Waals surface area (Å²) in [5, 5.41) is 7.15. The van der Waals surface area contributed by atoms with Gasteiger partial charge in [-0.3, -0.25) is 0 Å². The average Bonchev–Trinajstić information content (AvgIpc) is 2.35. The van der Waals surface area contributed by atoms with E-state index < -0.39 is 0 Å². The molecule has 94 valence electrons. The summed E-state index contributed by atoms with van der Waals surface area (Å²) in [7, 11) is 0. The van der Waals surface area contributed by atoms with Gasteiger partial charge in [0.05, 0.1) is 5.69 Å². The van der Waals surface area contributed by atoms with Crippen molar-refractivity contribution in [1.29, 1.82) is 0 Å². The van der Waals surface area contributed by atoms with E-state index in [4.69, 9.17) is 12.2 Å². The number of thioether (sulfide) groups is 2. The molecule has 0 saturated carbocycles. The predicted molar refractivity (Wildman–Crippen MR) is 85.4 cm³/mol. The fourth-order valence-corrected chi connectivity index (χ4v) is 2.53. The summed E-state index contributed by atoms with van der Waals surface area (Å²) >= 11 is 8.83. The molecule has 1 aromatic carbocycles. The minimum atomic E-state index is 0.701. The van der Waals surface area contributed by atoms with Gasteiger partial charge in [-0.05, 0) is 49.0 Å². The summed E-state index contributed by atoms with van der Waals surface area (Å²) < 4.78 is 0. The summed E-state index contributed by atoms with van der Waals surface area (Å²) in [5.41, 5.74) is 1.07. The van der Waals surface area contributed by atoms with Gasteiger partial charge in [0.25, 0.3) is 0 Å². The molecule has 0 aromatic heterocycles. The fourth-order valence-electron chi connectivity index (χ4n) is 1.33. The smallest absolute Gasteiger partial charge is 0.170 e. The van der Waals surface area contributed by atoms with Crippen LogP contribution in [0.25, 0.3) is 0 Å². The Labute approximate surface area is 117 Å². The van der Waals surface area contributed by atoms with Crippen molar-refractivity contribution >= 4 is 46.5 Å². The zero-order valence-corrected chi connectivity index (χ0v) is 12.6. The van der Waals surface area contributed by atoms with Crippen LogP contribution in [0.15, 0.2) is 29.2 Å². The minimum absolute atomic E-state index is 0.701. The Bertz CT molecular complexity index is 355.